The standard InChI is InChI=1S/C20H17F2NO/c21-20(22)24-19-12-10-16(11-13-19)8-9-18-7-4-6-17(15-18)5-2-1-3-14-23/h4,6-7,10-13,15,20H,1-3,5H2. The lowest BCUT2D eigenvalue weighted by Gasteiger charge is -2.03. The predicted molar refractivity (Wildman–Crippen MR) is 88.7 cm³/mol. The molecule has 0 atom stereocenters. The molecule has 0 saturated heterocycles. The third-order valence-corrected chi connectivity index (χ3v) is 3.36. The first-order chi connectivity index (χ1) is 11.7. The summed E-state index contributed by atoms with van der Waals surface area (Å²) in [5.74, 6) is 6.20. The highest BCUT2D eigenvalue weighted by atomic mass is 19.3. The fourth-order valence-electron chi connectivity index (χ4n) is 2.20. The normalized spacial score (nSPS) is 9.92. The Morgan fingerprint density at radius 3 is 2.42 bits per heavy atom. The summed E-state index contributed by atoms with van der Waals surface area (Å²) >= 11 is 0. The molecule has 0 radical (unpaired) electrons. The van der Waals surface area contributed by atoms with E-state index in [1.807, 2.05) is 24.3 Å². The van der Waals surface area contributed by atoms with E-state index in [1.165, 1.54) is 17.7 Å². The molecule has 0 aliphatic carbocycles. The van der Waals surface area contributed by atoms with E-state index in [0.717, 1.165) is 30.4 Å². The number of nitriles is 1. The van der Waals surface area contributed by atoms with Gasteiger partial charge in [-0.25, -0.2) is 0 Å². The summed E-state index contributed by atoms with van der Waals surface area (Å²) in [4.78, 5) is 0. The van der Waals surface area contributed by atoms with Crippen molar-refractivity contribution in [2.24, 2.45) is 0 Å². The summed E-state index contributed by atoms with van der Waals surface area (Å²) in [7, 11) is 0. The van der Waals surface area contributed by atoms with Gasteiger partial charge in [-0.1, -0.05) is 24.0 Å². The zero-order chi connectivity index (χ0) is 17.2. The molecule has 0 unspecified atom stereocenters. The van der Waals surface area contributed by atoms with Crippen molar-refractivity contribution >= 4 is 0 Å². The molecule has 2 rings (SSSR count). The Bertz CT molecular complexity index is 752. The number of unbranched alkanes of at least 4 members (excludes halogenated alkanes) is 2. The molecule has 0 aromatic heterocycles. The molecule has 24 heavy (non-hydrogen) atoms. The number of nitrogens with zero attached hydrogens (tertiary/aromatic N) is 1. The first-order valence-electron chi connectivity index (χ1n) is 7.70. The van der Waals surface area contributed by atoms with Crippen molar-refractivity contribution in [3.8, 4) is 23.7 Å². The van der Waals surface area contributed by atoms with Gasteiger partial charge in [0.1, 0.15) is 5.75 Å². The van der Waals surface area contributed by atoms with E-state index >= 15 is 0 Å². The maximum absolute atomic E-state index is 12.1. The van der Waals surface area contributed by atoms with Crippen molar-refractivity contribution < 1.29 is 13.5 Å². The van der Waals surface area contributed by atoms with E-state index in [9.17, 15) is 8.78 Å². The van der Waals surface area contributed by atoms with Crippen LogP contribution in [-0.4, -0.2) is 6.61 Å². The van der Waals surface area contributed by atoms with Crippen LogP contribution >= 0.6 is 0 Å². The van der Waals surface area contributed by atoms with E-state index in [4.69, 9.17) is 5.26 Å². The number of benzene rings is 2. The summed E-state index contributed by atoms with van der Waals surface area (Å²) in [5, 5.41) is 8.53. The molecular weight excluding hydrogens is 308 g/mol. The topological polar surface area (TPSA) is 33.0 Å². The van der Waals surface area contributed by atoms with Crippen molar-refractivity contribution in [3.63, 3.8) is 0 Å². The molecule has 0 amide bonds. The third-order valence-electron chi connectivity index (χ3n) is 3.36. The van der Waals surface area contributed by atoms with E-state index in [1.54, 1.807) is 12.1 Å². The van der Waals surface area contributed by atoms with Crippen LogP contribution in [0.4, 0.5) is 8.78 Å². The molecular formula is C20H17F2NO. The van der Waals surface area contributed by atoms with Gasteiger partial charge in [0.25, 0.3) is 0 Å². The Labute approximate surface area is 140 Å². The molecule has 0 spiro atoms. The number of ether oxygens (including phenoxy) is 1. The van der Waals surface area contributed by atoms with Crippen molar-refractivity contribution in [1.29, 1.82) is 5.26 Å². The molecule has 0 bridgehead atoms. The molecule has 2 aromatic carbocycles. The van der Waals surface area contributed by atoms with Gasteiger partial charge in [-0.05, 0) is 61.2 Å². The number of halogens is 2. The van der Waals surface area contributed by atoms with Gasteiger partial charge in [0.05, 0.1) is 6.07 Å². The monoisotopic (exact) mass is 325 g/mol. The Morgan fingerprint density at radius 2 is 1.71 bits per heavy atom. The second-order valence-corrected chi connectivity index (χ2v) is 5.22. The molecule has 0 aliphatic rings. The van der Waals surface area contributed by atoms with E-state index < -0.39 is 6.61 Å². The van der Waals surface area contributed by atoms with Gasteiger partial charge in [-0.2, -0.15) is 14.0 Å². The summed E-state index contributed by atoms with van der Waals surface area (Å²) in [6.45, 7) is -2.82. The van der Waals surface area contributed by atoms with Crippen LogP contribution in [0.25, 0.3) is 0 Å². The Balaban J connectivity index is 1.98. The molecule has 0 N–H and O–H groups in total. The molecule has 0 aliphatic heterocycles. The average Bonchev–Trinajstić information content (AvgIpc) is 2.58. The van der Waals surface area contributed by atoms with Crippen molar-refractivity contribution in [2.45, 2.75) is 32.3 Å². The van der Waals surface area contributed by atoms with Crippen molar-refractivity contribution in [1.82, 2.24) is 0 Å². The van der Waals surface area contributed by atoms with Crippen LogP contribution in [0.15, 0.2) is 48.5 Å². The summed E-state index contributed by atoms with van der Waals surface area (Å²) in [5.41, 5.74) is 2.83. The van der Waals surface area contributed by atoms with Crippen molar-refractivity contribution in [2.75, 3.05) is 0 Å². The number of alkyl halides is 2. The zero-order valence-corrected chi connectivity index (χ0v) is 13.1. The number of rotatable bonds is 6. The first-order valence-corrected chi connectivity index (χ1v) is 7.70. The van der Waals surface area contributed by atoms with Crippen LogP contribution in [0.5, 0.6) is 5.75 Å². The molecule has 122 valence electrons. The lowest BCUT2D eigenvalue weighted by molar-refractivity contribution is -0.0498. The average molecular weight is 325 g/mol. The molecule has 0 saturated carbocycles. The minimum absolute atomic E-state index is 0.120. The van der Waals surface area contributed by atoms with Gasteiger partial charge < -0.3 is 4.74 Å². The molecule has 4 heteroatoms. The van der Waals surface area contributed by atoms with Crippen LogP contribution in [-0.2, 0) is 6.42 Å². The van der Waals surface area contributed by atoms with Gasteiger partial charge in [0.2, 0.25) is 0 Å². The fraction of sp³-hybridized carbons (Fsp3) is 0.250. The van der Waals surface area contributed by atoms with Crippen LogP contribution in [0.1, 0.15) is 36.0 Å². The summed E-state index contributed by atoms with van der Waals surface area (Å²) in [6.07, 6.45) is 3.40. The fourth-order valence-corrected chi connectivity index (χ4v) is 2.20. The van der Waals surface area contributed by atoms with Gasteiger partial charge in [0.15, 0.2) is 0 Å². The van der Waals surface area contributed by atoms with Crippen LogP contribution < -0.4 is 4.74 Å². The number of hydrogen-bond donors (Lipinski definition) is 0. The predicted octanol–water partition coefficient (Wildman–Crippen LogP) is 4.92. The minimum Gasteiger partial charge on any atom is -0.435 e. The van der Waals surface area contributed by atoms with Crippen LogP contribution in [0.3, 0.4) is 0 Å². The number of hydrogen-bond acceptors (Lipinski definition) is 2. The minimum atomic E-state index is -2.82. The summed E-state index contributed by atoms with van der Waals surface area (Å²) in [6, 6.07) is 16.4. The largest absolute Gasteiger partial charge is 0.435 e. The third kappa shape index (κ3) is 6.10. The number of aryl methyl sites for hydroxylation is 1. The van der Waals surface area contributed by atoms with Gasteiger partial charge in [-0.3, -0.25) is 0 Å². The molecule has 0 fully saturated rings. The Morgan fingerprint density at radius 1 is 0.958 bits per heavy atom. The Hall–Kier alpha value is -2.85. The van der Waals surface area contributed by atoms with E-state index in [-0.39, 0.29) is 5.75 Å². The maximum Gasteiger partial charge on any atom is 0.387 e. The highest BCUT2D eigenvalue weighted by Gasteiger charge is 2.02. The highest BCUT2D eigenvalue weighted by molar-refractivity contribution is 5.45. The maximum atomic E-state index is 12.1. The smallest absolute Gasteiger partial charge is 0.387 e. The van der Waals surface area contributed by atoms with Crippen LogP contribution in [0, 0.1) is 23.2 Å². The lowest BCUT2D eigenvalue weighted by atomic mass is 10.0. The SMILES string of the molecule is N#CCCCCc1cccc(C#Cc2ccc(OC(F)F)cc2)c1. The molecule has 0 heterocycles. The molecule has 2 aromatic rings. The van der Waals surface area contributed by atoms with Crippen molar-refractivity contribution in [3.05, 3.63) is 65.2 Å². The highest BCUT2D eigenvalue weighted by Crippen LogP contribution is 2.14. The first kappa shape index (κ1) is 17.5. The Kier molecular flexibility index (Phi) is 6.80. The summed E-state index contributed by atoms with van der Waals surface area (Å²) < 4.78 is 28.5. The molecule has 2 nitrogen and oxygen atoms in total. The van der Waals surface area contributed by atoms with Gasteiger partial charge >= 0.3 is 6.61 Å². The van der Waals surface area contributed by atoms with E-state index in [0.29, 0.717) is 6.42 Å². The second-order valence-electron chi connectivity index (χ2n) is 5.22. The van der Waals surface area contributed by atoms with E-state index in [2.05, 4.69) is 22.6 Å². The van der Waals surface area contributed by atoms with Gasteiger partial charge in [0, 0.05) is 17.5 Å². The quantitative estimate of drug-likeness (QED) is 0.557. The zero-order valence-electron chi connectivity index (χ0n) is 13.1. The van der Waals surface area contributed by atoms with Crippen LogP contribution in [0.2, 0.25) is 0 Å². The van der Waals surface area contributed by atoms with Gasteiger partial charge in [-0.15, -0.1) is 0 Å². The lowest BCUT2D eigenvalue weighted by Crippen LogP contribution is -2.01. The second kappa shape index (κ2) is 9.33.